The van der Waals surface area contributed by atoms with Crippen molar-refractivity contribution in [3.8, 4) is 5.75 Å². The number of fused-ring (bicyclic) bond motifs is 1. The van der Waals surface area contributed by atoms with Crippen LogP contribution >= 0.6 is 11.3 Å². The first-order valence-electron chi connectivity index (χ1n) is 6.49. The van der Waals surface area contributed by atoms with Crippen molar-refractivity contribution in [3.05, 3.63) is 51.7 Å². The predicted octanol–water partition coefficient (Wildman–Crippen LogP) is 2.15. The summed E-state index contributed by atoms with van der Waals surface area (Å²) in [4.78, 5) is 12.4. The third-order valence-electron chi connectivity index (χ3n) is 3.30. The van der Waals surface area contributed by atoms with Gasteiger partial charge in [-0.25, -0.2) is 0 Å². The summed E-state index contributed by atoms with van der Waals surface area (Å²) in [5.41, 5.74) is 1.92. The van der Waals surface area contributed by atoms with Crippen LogP contribution in [-0.4, -0.2) is 24.2 Å². The number of carbonyl (C=O) groups excluding carboxylic acids is 1. The molecule has 2 N–H and O–H groups in total. The first-order valence-corrected chi connectivity index (χ1v) is 7.37. The normalized spacial score (nSPS) is 14.4. The van der Waals surface area contributed by atoms with Crippen LogP contribution in [-0.2, 0) is 6.42 Å². The number of amides is 1. The number of hydrogen-bond donors (Lipinski definition) is 2. The molecule has 1 amide bonds. The summed E-state index contributed by atoms with van der Waals surface area (Å²) in [5.74, 6) is 0.743. The Bertz CT molecular complexity index is 610. The van der Waals surface area contributed by atoms with Crippen LogP contribution in [0.1, 0.15) is 26.9 Å². The van der Waals surface area contributed by atoms with Crippen LogP contribution in [0, 0.1) is 0 Å². The number of hydrogen-bond acceptors (Lipinski definition) is 4. The molecule has 4 nitrogen and oxygen atoms in total. The number of carbonyl (C=O) groups is 1. The maximum Gasteiger partial charge on any atom is 0.261 e. The zero-order valence-electron chi connectivity index (χ0n) is 10.8. The van der Waals surface area contributed by atoms with E-state index in [2.05, 4.69) is 5.32 Å². The first kappa shape index (κ1) is 13.1. The smallest absolute Gasteiger partial charge is 0.261 e. The molecule has 1 aromatic heterocycles. The van der Waals surface area contributed by atoms with Gasteiger partial charge in [-0.15, -0.1) is 11.3 Å². The fourth-order valence-corrected chi connectivity index (χ4v) is 2.86. The molecule has 2 aromatic rings. The van der Waals surface area contributed by atoms with E-state index in [1.54, 1.807) is 6.07 Å². The molecule has 20 heavy (non-hydrogen) atoms. The Kier molecular flexibility index (Phi) is 3.71. The second-order valence-corrected chi connectivity index (χ2v) is 5.62. The van der Waals surface area contributed by atoms with E-state index in [1.165, 1.54) is 11.3 Å². The van der Waals surface area contributed by atoms with E-state index >= 15 is 0 Å². The van der Waals surface area contributed by atoms with Crippen LogP contribution in [0.2, 0.25) is 0 Å². The molecule has 0 bridgehead atoms. The number of aliphatic hydroxyl groups is 1. The lowest BCUT2D eigenvalue weighted by Crippen LogP contribution is -2.27. The van der Waals surface area contributed by atoms with Crippen LogP contribution < -0.4 is 10.1 Å². The van der Waals surface area contributed by atoms with Crippen molar-refractivity contribution < 1.29 is 14.6 Å². The van der Waals surface area contributed by atoms with Gasteiger partial charge in [0.1, 0.15) is 5.75 Å². The van der Waals surface area contributed by atoms with Gasteiger partial charge in [0, 0.05) is 13.0 Å². The monoisotopic (exact) mass is 289 g/mol. The lowest BCUT2D eigenvalue weighted by Gasteiger charge is -2.13. The van der Waals surface area contributed by atoms with Crippen LogP contribution in [0.15, 0.2) is 35.7 Å². The lowest BCUT2D eigenvalue weighted by atomic mass is 10.0. The molecule has 0 aliphatic carbocycles. The summed E-state index contributed by atoms with van der Waals surface area (Å²) in [6, 6.07) is 9.26. The highest BCUT2D eigenvalue weighted by Crippen LogP contribution is 2.28. The molecule has 0 unspecified atom stereocenters. The third-order valence-corrected chi connectivity index (χ3v) is 4.17. The van der Waals surface area contributed by atoms with Gasteiger partial charge in [0.2, 0.25) is 0 Å². The molecule has 5 heteroatoms. The Labute approximate surface area is 121 Å². The Balaban J connectivity index is 1.62. The summed E-state index contributed by atoms with van der Waals surface area (Å²) in [5, 5.41) is 14.7. The highest BCUT2D eigenvalue weighted by Gasteiger charge is 2.16. The maximum atomic E-state index is 11.8. The van der Waals surface area contributed by atoms with Crippen molar-refractivity contribution in [3.63, 3.8) is 0 Å². The van der Waals surface area contributed by atoms with Crippen LogP contribution in [0.25, 0.3) is 0 Å². The molecule has 3 rings (SSSR count). The molecule has 0 fully saturated rings. The Morgan fingerprint density at radius 1 is 1.45 bits per heavy atom. The number of ether oxygens (including phenoxy) is 1. The van der Waals surface area contributed by atoms with E-state index < -0.39 is 6.10 Å². The third kappa shape index (κ3) is 2.69. The quantitative estimate of drug-likeness (QED) is 0.906. The molecule has 104 valence electrons. The Morgan fingerprint density at radius 3 is 3.15 bits per heavy atom. The topological polar surface area (TPSA) is 58.6 Å². The minimum atomic E-state index is -0.704. The number of rotatable bonds is 4. The van der Waals surface area contributed by atoms with Crippen molar-refractivity contribution in [2.45, 2.75) is 12.5 Å². The summed E-state index contributed by atoms with van der Waals surface area (Å²) >= 11 is 1.38. The second kappa shape index (κ2) is 5.64. The van der Waals surface area contributed by atoms with Crippen LogP contribution in [0.5, 0.6) is 5.75 Å². The van der Waals surface area contributed by atoms with Gasteiger partial charge in [-0.05, 0) is 34.7 Å². The van der Waals surface area contributed by atoms with Crippen molar-refractivity contribution in [2.24, 2.45) is 0 Å². The number of thiophene rings is 1. The lowest BCUT2D eigenvalue weighted by molar-refractivity contribution is 0.0920. The predicted molar refractivity (Wildman–Crippen MR) is 77.3 cm³/mol. The van der Waals surface area contributed by atoms with E-state index in [0.717, 1.165) is 23.3 Å². The summed E-state index contributed by atoms with van der Waals surface area (Å²) in [6.07, 6.45) is 0.169. The van der Waals surface area contributed by atoms with Gasteiger partial charge in [-0.2, -0.15) is 0 Å². The number of benzene rings is 1. The molecule has 0 saturated carbocycles. The van der Waals surface area contributed by atoms with Crippen molar-refractivity contribution >= 4 is 17.2 Å². The molecule has 1 atom stereocenters. The molecular formula is C15H15NO3S. The summed E-state index contributed by atoms with van der Waals surface area (Å²) in [6.45, 7) is 0.903. The van der Waals surface area contributed by atoms with Crippen molar-refractivity contribution in [1.82, 2.24) is 5.32 Å². The van der Waals surface area contributed by atoms with Crippen LogP contribution in [0.3, 0.4) is 0 Å². The average Bonchev–Trinajstić information content (AvgIpc) is 3.13. The fraction of sp³-hybridized carbons (Fsp3) is 0.267. The average molecular weight is 289 g/mol. The molecule has 2 heterocycles. The molecule has 0 radical (unpaired) electrons. The first-order chi connectivity index (χ1) is 9.74. The zero-order valence-corrected chi connectivity index (χ0v) is 11.7. The van der Waals surface area contributed by atoms with Crippen molar-refractivity contribution in [1.29, 1.82) is 0 Å². The van der Waals surface area contributed by atoms with Gasteiger partial charge in [-0.3, -0.25) is 4.79 Å². The molecule has 0 spiro atoms. The SMILES string of the molecule is O=C(NC[C@@H](O)c1ccc2c(c1)CCO2)c1cccs1. The van der Waals surface area contributed by atoms with Crippen LogP contribution in [0.4, 0.5) is 0 Å². The van der Waals surface area contributed by atoms with Gasteiger partial charge in [-0.1, -0.05) is 12.1 Å². The van der Waals surface area contributed by atoms with E-state index in [0.29, 0.717) is 11.5 Å². The van der Waals surface area contributed by atoms with E-state index in [4.69, 9.17) is 4.74 Å². The second-order valence-electron chi connectivity index (χ2n) is 4.67. The molecule has 1 aliphatic rings. The molecule has 1 aliphatic heterocycles. The van der Waals surface area contributed by atoms with Gasteiger partial charge in [0.25, 0.3) is 5.91 Å². The van der Waals surface area contributed by atoms with Gasteiger partial charge in [0.05, 0.1) is 17.6 Å². The maximum absolute atomic E-state index is 11.8. The molecule has 0 saturated heterocycles. The summed E-state index contributed by atoms with van der Waals surface area (Å²) < 4.78 is 5.43. The van der Waals surface area contributed by atoms with E-state index in [9.17, 15) is 9.90 Å². The zero-order chi connectivity index (χ0) is 13.9. The molecule has 1 aromatic carbocycles. The highest BCUT2D eigenvalue weighted by atomic mass is 32.1. The van der Waals surface area contributed by atoms with E-state index in [1.807, 2.05) is 29.6 Å². The van der Waals surface area contributed by atoms with Gasteiger partial charge >= 0.3 is 0 Å². The Morgan fingerprint density at radius 2 is 2.35 bits per heavy atom. The fourth-order valence-electron chi connectivity index (χ4n) is 2.22. The molecular weight excluding hydrogens is 274 g/mol. The van der Waals surface area contributed by atoms with E-state index in [-0.39, 0.29) is 12.5 Å². The summed E-state index contributed by atoms with van der Waals surface area (Å²) in [7, 11) is 0. The minimum absolute atomic E-state index is 0.149. The number of nitrogens with one attached hydrogen (secondary N) is 1. The highest BCUT2D eigenvalue weighted by molar-refractivity contribution is 7.12. The van der Waals surface area contributed by atoms with Gasteiger partial charge in [0.15, 0.2) is 0 Å². The van der Waals surface area contributed by atoms with Gasteiger partial charge < -0.3 is 15.2 Å². The Hall–Kier alpha value is -1.85. The standard InChI is InChI=1S/C15H15NO3S/c17-12(9-16-15(18)14-2-1-7-20-14)10-3-4-13-11(8-10)5-6-19-13/h1-4,7-8,12,17H,5-6,9H2,(H,16,18)/t12-/m1/s1. The minimum Gasteiger partial charge on any atom is -0.493 e. The number of aliphatic hydroxyl groups excluding tert-OH is 1. The largest absolute Gasteiger partial charge is 0.493 e. The van der Waals surface area contributed by atoms with Crippen molar-refractivity contribution in [2.75, 3.05) is 13.2 Å².